The summed E-state index contributed by atoms with van der Waals surface area (Å²) in [5.74, 6) is -2.63. The number of hydrogen-bond acceptors (Lipinski definition) is 3. The monoisotopic (exact) mass is 413 g/mol. The molecule has 0 spiro atoms. The fourth-order valence-corrected chi connectivity index (χ4v) is 4.27. The lowest BCUT2D eigenvalue weighted by Crippen LogP contribution is -2.37. The second-order valence-electron chi connectivity index (χ2n) is 7.78. The molecule has 5 nitrogen and oxygen atoms in total. The number of nitrogens with one attached hydrogen (secondary N) is 1. The Morgan fingerprint density at radius 3 is 2.03 bits per heavy atom. The zero-order valence-corrected chi connectivity index (χ0v) is 17.0. The first kappa shape index (κ1) is 20.5. The minimum absolute atomic E-state index is 0.0432. The molecule has 0 saturated heterocycles. The number of aliphatic carboxylic acids is 1. The van der Waals surface area contributed by atoms with Gasteiger partial charge in [-0.1, -0.05) is 78.9 Å². The minimum atomic E-state index is -1.46. The van der Waals surface area contributed by atoms with Crippen molar-refractivity contribution in [1.82, 2.24) is 5.32 Å². The second kappa shape index (κ2) is 8.96. The van der Waals surface area contributed by atoms with Gasteiger partial charge in [0.2, 0.25) is 5.91 Å². The average Bonchev–Trinajstić information content (AvgIpc) is 2.82. The Morgan fingerprint density at radius 2 is 1.45 bits per heavy atom. The van der Waals surface area contributed by atoms with E-state index in [2.05, 4.69) is 5.32 Å². The summed E-state index contributed by atoms with van der Waals surface area (Å²) in [6.45, 7) is 0. The summed E-state index contributed by atoms with van der Waals surface area (Å²) in [6, 6.07) is 24.6. The van der Waals surface area contributed by atoms with Crippen LogP contribution in [0.5, 0.6) is 0 Å². The molecule has 156 valence electrons. The number of fused-ring (bicyclic) bond motifs is 1. The third kappa shape index (κ3) is 4.40. The lowest BCUT2D eigenvalue weighted by molar-refractivity contribution is -0.132. The van der Waals surface area contributed by atoms with Crippen LogP contribution in [0.15, 0.2) is 78.9 Å². The lowest BCUT2D eigenvalue weighted by Gasteiger charge is -2.28. The first-order valence-electron chi connectivity index (χ1n) is 10.3. The van der Waals surface area contributed by atoms with E-state index in [0.717, 1.165) is 22.3 Å². The predicted octanol–water partition coefficient (Wildman–Crippen LogP) is 3.96. The van der Waals surface area contributed by atoms with Crippen molar-refractivity contribution in [3.63, 3.8) is 0 Å². The van der Waals surface area contributed by atoms with Crippen molar-refractivity contribution in [2.24, 2.45) is 5.92 Å². The molecule has 0 fully saturated rings. The van der Waals surface area contributed by atoms with E-state index in [-0.39, 0.29) is 23.4 Å². The van der Waals surface area contributed by atoms with Crippen molar-refractivity contribution in [1.29, 1.82) is 0 Å². The lowest BCUT2D eigenvalue weighted by atomic mass is 9.80. The Bertz CT molecular complexity index is 1070. The van der Waals surface area contributed by atoms with Crippen LogP contribution in [0, 0.1) is 5.92 Å². The van der Waals surface area contributed by atoms with Crippen molar-refractivity contribution in [2.75, 3.05) is 0 Å². The molecular weight excluding hydrogens is 390 g/mol. The number of carbonyl (C=O) groups is 3. The SMILES string of the molecule is O=C(O)C(=O)c1cccc2c1CCC(C(=O)NC(c1ccccc1)c1ccccc1)C2. The van der Waals surface area contributed by atoms with Gasteiger partial charge in [0.05, 0.1) is 6.04 Å². The van der Waals surface area contributed by atoms with Gasteiger partial charge in [0, 0.05) is 11.5 Å². The average molecular weight is 413 g/mol. The van der Waals surface area contributed by atoms with Crippen molar-refractivity contribution < 1.29 is 19.5 Å². The van der Waals surface area contributed by atoms with Gasteiger partial charge >= 0.3 is 5.97 Å². The number of benzene rings is 3. The Labute approximate surface area is 180 Å². The molecule has 31 heavy (non-hydrogen) atoms. The highest BCUT2D eigenvalue weighted by molar-refractivity contribution is 6.40. The molecule has 3 aromatic carbocycles. The van der Waals surface area contributed by atoms with E-state index in [1.54, 1.807) is 12.1 Å². The molecule has 0 aromatic heterocycles. The number of carboxylic acids is 1. The smallest absolute Gasteiger partial charge is 0.377 e. The van der Waals surface area contributed by atoms with Gasteiger partial charge in [-0.3, -0.25) is 9.59 Å². The van der Waals surface area contributed by atoms with Crippen LogP contribution in [0.1, 0.15) is 45.1 Å². The molecule has 0 heterocycles. The van der Waals surface area contributed by atoms with Crippen LogP contribution >= 0.6 is 0 Å². The van der Waals surface area contributed by atoms with E-state index in [1.807, 2.05) is 66.7 Å². The Balaban J connectivity index is 1.56. The zero-order chi connectivity index (χ0) is 21.8. The number of carboxylic acid groups (broad SMARTS) is 1. The fourth-order valence-electron chi connectivity index (χ4n) is 4.27. The van der Waals surface area contributed by atoms with E-state index >= 15 is 0 Å². The van der Waals surface area contributed by atoms with Crippen LogP contribution in [-0.4, -0.2) is 22.8 Å². The highest BCUT2D eigenvalue weighted by Gasteiger charge is 2.30. The van der Waals surface area contributed by atoms with Crippen molar-refractivity contribution in [3.8, 4) is 0 Å². The molecule has 1 atom stereocenters. The molecule has 0 radical (unpaired) electrons. The number of rotatable bonds is 6. The van der Waals surface area contributed by atoms with Crippen molar-refractivity contribution in [2.45, 2.75) is 25.3 Å². The van der Waals surface area contributed by atoms with Gasteiger partial charge in [-0.15, -0.1) is 0 Å². The summed E-state index contributed by atoms with van der Waals surface area (Å²) in [4.78, 5) is 36.4. The quantitative estimate of drug-likeness (QED) is 0.473. The van der Waals surface area contributed by atoms with Gasteiger partial charge < -0.3 is 10.4 Å². The van der Waals surface area contributed by atoms with Gasteiger partial charge in [0.15, 0.2) is 0 Å². The Morgan fingerprint density at radius 1 is 0.839 bits per heavy atom. The number of amides is 1. The molecule has 1 unspecified atom stereocenters. The first-order chi connectivity index (χ1) is 15.0. The van der Waals surface area contributed by atoms with Crippen LogP contribution in [0.25, 0.3) is 0 Å². The summed E-state index contributed by atoms with van der Waals surface area (Å²) >= 11 is 0. The Kier molecular flexibility index (Phi) is 5.94. The minimum Gasteiger partial charge on any atom is -0.475 e. The van der Waals surface area contributed by atoms with Gasteiger partial charge in [-0.25, -0.2) is 4.79 Å². The molecule has 0 aliphatic heterocycles. The maximum absolute atomic E-state index is 13.2. The third-order valence-electron chi connectivity index (χ3n) is 5.84. The van der Waals surface area contributed by atoms with Crippen LogP contribution in [0.4, 0.5) is 0 Å². The molecule has 3 aromatic rings. The molecule has 0 bridgehead atoms. The van der Waals surface area contributed by atoms with E-state index in [0.29, 0.717) is 19.3 Å². The molecule has 1 aliphatic carbocycles. The predicted molar refractivity (Wildman–Crippen MR) is 117 cm³/mol. The summed E-state index contributed by atoms with van der Waals surface area (Å²) in [6.07, 6.45) is 1.56. The highest BCUT2D eigenvalue weighted by Crippen LogP contribution is 2.30. The van der Waals surface area contributed by atoms with Crippen molar-refractivity contribution in [3.05, 3.63) is 107 Å². The highest BCUT2D eigenvalue weighted by atomic mass is 16.4. The molecule has 2 N–H and O–H groups in total. The molecular formula is C26H23NO4. The van der Waals surface area contributed by atoms with E-state index in [4.69, 9.17) is 5.11 Å². The van der Waals surface area contributed by atoms with Crippen LogP contribution < -0.4 is 5.32 Å². The molecule has 4 rings (SSSR count). The van der Waals surface area contributed by atoms with E-state index in [1.165, 1.54) is 0 Å². The number of hydrogen-bond donors (Lipinski definition) is 2. The summed E-state index contributed by atoms with van der Waals surface area (Å²) in [5.41, 5.74) is 3.87. The van der Waals surface area contributed by atoms with Gasteiger partial charge in [0.25, 0.3) is 5.78 Å². The molecule has 1 amide bonds. The van der Waals surface area contributed by atoms with Gasteiger partial charge in [0.1, 0.15) is 0 Å². The number of carbonyl (C=O) groups excluding carboxylic acids is 2. The molecule has 5 heteroatoms. The van der Waals surface area contributed by atoms with Crippen LogP contribution in [0.2, 0.25) is 0 Å². The van der Waals surface area contributed by atoms with Gasteiger partial charge in [-0.2, -0.15) is 0 Å². The van der Waals surface area contributed by atoms with E-state index < -0.39 is 11.8 Å². The third-order valence-corrected chi connectivity index (χ3v) is 5.84. The molecule has 0 saturated carbocycles. The second-order valence-corrected chi connectivity index (χ2v) is 7.78. The number of Topliss-reactive ketones (excluding diaryl/α,β-unsaturated/α-hetero) is 1. The van der Waals surface area contributed by atoms with Gasteiger partial charge in [-0.05, 0) is 41.5 Å². The Hall–Kier alpha value is -3.73. The largest absolute Gasteiger partial charge is 0.475 e. The normalized spacial score (nSPS) is 15.2. The molecule has 1 aliphatic rings. The first-order valence-corrected chi connectivity index (χ1v) is 10.3. The van der Waals surface area contributed by atoms with Crippen LogP contribution in [-0.2, 0) is 22.4 Å². The summed E-state index contributed by atoms with van der Waals surface area (Å²) in [5, 5.41) is 12.3. The summed E-state index contributed by atoms with van der Waals surface area (Å²) in [7, 11) is 0. The fraction of sp³-hybridized carbons (Fsp3) is 0.192. The maximum Gasteiger partial charge on any atom is 0.377 e. The topological polar surface area (TPSA) is 83.5 Å². The standard InChI is InChI=1S/C26H23NO4/c28-24(26(30)31)22-13-7-12-19-16-20(14-15-21(19)22)25(29)27-23(17-8-3-1-4-9-17)18-10-5-2-6-11-18/h1-13,20,23H,14-16H2,(H,27,29)(H,30,31). The maximum atomic E-state index is 13.2. The zero-order valence-electron chi connectivity index (χ0n) is 17.0. The summed E-state index contributed by atoms with van der Waals surface area (Å²) < 4.78 is 0. The number of ketones is 1. The van der Waals surface area contributed by atoms with Crippen molar-refractivity contribution >= 4 is 17.7 Å². The van der Waals surface area contributed by atoms with E-state index in [9.17, 15) is 14.4 Å². The van der Waals surface area contributed by atoms with Crippen LogP contribution in [0.3, 0.4) is 0 Å².